The van der Waals surface area contributed by atoms with E-state index in [-0.39, 0.29) is 11.0 Å². The second-order valence-corrected chi connectivity index (χ2v) is 4.80. The Labute approximate surface area is 116 Å². The van der Waals surface area contributed by atoms with E-state index in [2.05, 4.69) is 15.9 Å². The number of hydrogen-bond donors (Lipinski definition) is 1. The summed E-state index contributed by atoms with van der Waals surface area (Å²) in [5.74, 6) is -0.514. The zero-order valence-corrected chi connectivity index (χ0v) is 11.4. The van der Waals surface area contributed by atoms with Gasteiger partial charge in [0.1, 0.15) is 5.82 Å². The fourth-order valence-electron chi connectivity index (χ4n) is 1.64. The van der Waals surface area contributed by atoms with Gasteiger partial charge in [0.05, 0.1) is 16.7 Å². The standard InChI is InChI=1S/C11H10BrFN2O4/c1-14(10(16)17)9-5-15(11(18)19-9)6-2-3-7(12)8(13)4-6/h2-4,9H,5H2,1H3,(H,16,17)/t9-/m0/s1. The Bertz CT molecular complexity index is 539. The molecular formula is C11H10BrFN2O4. The smallest absolute Gasteiger partial charge is 0.416 e. The van der Waals surface area contributed by atoms with Crippen molar-refractivity contribution in [2.75, 3.05) is 18.5 Å². The average Bonchev–Trinajstić information content (AvgIpc) is 2.73. The number of benzene rings is 1. The van der Waals surface area contributed by atoms with Gasteiger partial charge in [-0.3, -0.25) is 9.80 Å². The van der Waals surface area contributed by atoms with Gasteiger partial charge in [-0.05, 0) is 34.1 Å². The van der Waals surface area contributed by atoms with Crippen LogP contribution in [0, 0.1) is 5.82 Å². The number of nitrogens with zero attached hydrogens (tertiary/aromatic N) is 2. The molecule has 0 aliphatic carbocycles. The Kier molecular flexibility index (Phi) is 3.61. The fourth-order valence-corrected chi connectivity index (χ4v) is 1.88. The molecule has 1 aliphatic heterocycles. The van der Waals surface area contributed by atoms with Gasteiger partial charge in [-0.15, -0.1) is 0 Å². The molecule has 2 rings (SSSR count). The van der Waals surface area contributed by atoms with Gasteiger partial charge in [0.2, 0.25) is 0 Å². The van der Waals surface area contributed by atoms with E-state index in [1.165, 1.54) is 30.1 Å². The summed E-state index contributed by atoms with van der Waals surface area (Å²) in [4.78, 5) is 24.5. The predicted molar refractivity (Wildman–Crippen MR) is 67.5 cm³/mol. The highest BCUT2D eigenvalue weighted by Crippen LogP contribution is 2.26. The van der Waals surface area contributed by atoms with E-state index < -0.39 is 24.2 Å². The Hall–Kier alpha value is -1.83. The molecule has 0 spiro atoms. The van der Waals surface area contributed by atoms with Crippen molar-refractivity contribution >= 4 is 33.8 Å². The Morgan fingerprint density at radius 3 is 2.89 bits per heavy atom. The van der Waals surface area contributed by atoms with Crippen molar-refractivity contribution < 1.29 is 23.8 Å². The number of cyclic esters (lactones) is 1. The van der Waals surface area contributed by atoms with E-state index in [0.717, 1.165) is 4.90 Å². The van der Waals surface area contributed by atoms with Crippen LogP contribution in [0.5, 0.6) is 0 Å². The zero-order valence-electron chi connectivity index (χ0n) is 9.84. The lowest BCUT2D eigenvalue weighted by atomic mass is 10.3. The van der Waals surface area contributed by atoms with Gasteiger partial charge in [0.25, 0.3) is 0 Å². The van der Waals surface area contributed by atoms with E-state index >= 15 is 0 Å². The van der Waals surface area contributed by atoms with Crippen LogP contribution in [-0.4, -0.2) is 42.0 Å². The van der Waals surface area contributed by atoms with E-state index in [1.54, 1.807) is 0 Å². The van der Waals surface area contributed by atoms with Crippen LogP contribution in [0.25, 0.3) is 0 Å². The highest BCUT2D eigenvalue weighted by atomic mass is 79.9. The van der Waals surface area contributed by atoms with Gasteiger partial charge in [-0.25, -0.2) is 14.0 Å². The summed E-state index contributed by atoms with van der Waals surface area (Å²) in [6.07, 6.45) is -2.82. The largest absolute Gasteiger partial charge is 0.465 e. The van der Waals surface area contributed by atoms with Crippen molar-refractivity contribution in [3.8, 4) is 0 Å². The minimum absolute atomic E-state index is 0.0166. The summed E-state index contributed by atoms with van der Waals surface area (Å²) in [7, 11) is 1.30. The molecule has 102 valence electrons. The van der Waals surface area contributed by atoms with Crippen LogP contribution in [0.1, 0.15) is 0 Å². The number of carboxylic acid groups (broad SMARTS) is 1. The molecule has 2 amide bonds. The van der Waals surface area contributed by atoms with Crippen molar-refractivity contribution in [3.63, 3.8) is 0 Å². The average molecular weight is 333 g/mol. The van der Waals surface area contributed by atoms with Crippen molar-refractivity contribution in [2.24, 2.45) is 0 Å². The molecule has 1 N–H and O–H groups in total. The van der Waals surface area contributed by atoms with E-state index in [1.807, 2.05) is 0 Å². The normalized spacial score (nSPS) is 18.4. The minimum Gasteiger partial charge on any atom is -0.465 e. The lowest BCUT2D eigenvalue weighted by Crippen LogP contribution is -2.38. The van der Waals surface area contributed by atoms with Crippen LogP contribution in [0.15, 0.2) is 22.7 Å². The Morgan fingerprint density at radius 1 is 1.63 bits per heavy atom. The minimum atomic E-state index is -1.21. The number of halogens is 2. The van der Waals surface area contributed by atoms with Crippen LogP contribution in [0.2, 0.25) is 0 Å². The molecule has 1 aromatic rings. The molecule has 1 heterocycles. The molecule has 1 fully saturated rings. The van der Waals surface area contributed by atoms with Gasteiger partial charge < -0.3 is 9.84 Å². The third kappa shape index (κ3) is 2.62. The molecule has 0 saturated carbocycles. The number of carbonyl (C=O) groups excluding carboxylic acids is 1. The lowest BCUT2D eigenvalue weighted by Gasteiger charge is -2.18. The molecule has 6 nitrogen and oxygen atoms in total. The van der Waals surface area contributed by atoms with Gasteiger partial charge >= 0.3 is 12.2 Å². The molecule has 1 aromatic carbocycles. The first-order valence-electron chi connectivity index (χ1n) is 5.29. The number of rotatable bonds is 2. The van der Waals surface area contributed by atoms with Crippen LogP contribution >= 0.6 is 15.9 Å². The maximum atomic E-state index is 13.4. The van der Waals surface area contributed by atoms with Crippen LogP contribution in [-0.2, 0) is 4.74 Å². The van der Waals surface area contributed by atoms with Crippen molar-refractivity contribution in [3.05, 3.63) is 28.5 Å². The molecule has 0 bridgehead atoms. The van der Waals surface area contributed by atoms with E-state index in [4.69, 9.17) is 9.84 Å². The summed E-state index contributed by atoms with van der Waals surface area (Å²) in [5.41, 5.74) is 0.312. The molecule has 0 unspecified atom stereocenters. The number of amides is 2. The van der Waals surface area contributed by atoms with Crippen LogP contribution in [0.3, 0.4) is 0 Å². The zero-order chi connectivity index (χ0) is 14.2. The molecule has 8 heteroatoms. The van der Waals surface area contributed by atoms with Gasteiger partial charge in [0, 0.05) is 7.05 Å². The summed E-state index contributed by atoms with van der Waals surface area (Å²) < 4.78 is 18.6. The number of anilines is 1. The molecule has 1 saturated heterocycles. The fraction of sp³-hybridized carbons (Fsp3) is 0.273. The quantitative estimate of drug-likeness (QED) is 0.903. The predicted octanol–water partition coefficient (Wildman–Crippen LogP) is 2.48. The summed E-state index contributed by atoms with van der Waals surface area (Å²) in [5, 5.41) is 8.82. The molecular weight excluding hydrogens is 323 g/mol. The third-order valence-corrected chi connectivity index (χ3v) is 3.39. The number of likely N-dealkylation sites (N-methyl/N-ethyl adjacent to an activating group) is 1. The maximum Gasteiger partial charge on any atom is 0.416 e. The number of hydrogen-bond acceptors (Lipinski definition) is 3. The topological polar surface area (TPSA) is 70.1 Å². The highest BCUT2D eigenvalue weighted by molar-refractivity contribution is 9.10. The van der Waals surface area contributed by atoms with E-state index in [9.17, 15) is 14.0 Å². The van der Waals surface area contributed by atoms with Crippen molar-refractivity contribution in [1.82, 2.24) is 4.90 Å². The lowest BCUT2D eigenvalue weighted by molar-refractivity contribution is 0.0415. The molecule has 0 radical (unpaired) electrons. The maximum absolute atomic E-state index is 13.4. The summed E-state index contributed by atoms with van der Waals surface area (Å²) >= 11 is 3.01. The first kappa shape index (κ1) is 13.6. The van der Waals surface area contributed by atoms with E-state index in [0.29, 0.717) is 5.69 Å². The second-order valence-electron chi connectivity index (χ2n) is 3.94. The Balaban J connectivity index is 2.20. The molecule has 1 atom stereocenters. The monoisotopic (exact) mass is 332 g/mol. The van der Waals surface area contributed by atoms with Gasteiger partial charge in [0.15, 0.2) is 6.23 Å². The van der Waals surface area contributed by atoms with Crippen molar-refractivity contribution in [2.45, 2.75) is 6.23 Å². The first-order chi connectivity index (χ1) is 8.90. The second kappa shape index (κ2) is 5.04. The Morgan fingerprint density at radius 2 is 2.32 bits per heavy atom. The molecule has 19 heavy (non-hydrogen) atoms. The van der Waals surface area contributed by atoms with Gasteiger partial charge in [-0.2, -0.15) is 0 Å². The SMILES string of the molecule is CN(C(=O)O)[C@@H]1CN(c2ccc(Br)c(F)c2)C(=O)O1. The summed E-state index contributed by atoms with van der Waals surface area (Å²) in [6.45, 7) is 0.0166. The van der Waals surface area contributed by atoms with Crippen LogP contribution in [0.4, 0.5) is 19.7 Å². The summed E-state index contributed by atoms with van der Waals surface area (Å²) in [6, 6.07) is 4.18. The number of ether oxygens (including phenoxy) is 1. The molecule has 1 aliphatic rings. The van der Waals surface area contributed by atoms with Gasteiger partial charge in [-0.1, -0.05) is 0 Å². The van der Waals surface area contributed by atoms with Crippen LogP contribution < -0.4 is 4.90 Å². The molecule has 0 aromatic heterocycles. The first-order valence-corrected chi connectivity index (χ1v) is 6.08. The number of carbonyl (C=O) groups is 2. The highest BCUT2D eigenvalue weighted by Gasteiger charge is 2.36. The van der Waals surface area contributed by atoms with Crippen molar-refractivity contribution in [1.29, 1.82) is 0 Å². The third-order valence-electron chi connectivity index (χ3n) is 2.74.